The second-order valence-electron chi connectivity index (χ2n) is 6.06. The van der Waals surface area contributed by atoms with E-state index < -0.39 is 0 Å². The maximum atomic E-state index is 12.7. The van der Waals surface area contributed by atoms with Crippen molar-refractivity contribution < 1.29 is 9.32 Å². The Kier molecular flexibility index (Phi) is 4.25. The number of para-hydroxylation sites is 2. The first-order valence-corrected chi connectivity index (χ1v) is 8.40. The third-order valence-corrected chi connectivity index (χ3v) is 4.14. The quantitative estimate of drug-likeness (QED) is 0.604. The third kappa shape index (κ3) is 3.35. The summed E-state index contributed by atoms with van der Waals surface area (Å²) in [5.41, 5.74) is 1.54. The molecular formula is C20H16N4O3. The Morgan fingerprint density at radius 2 is 1.85 bits per heavy atom. The highest BCUT2D eigenvalue weighted by atomic mass is 16.5. The molecule has 2 aromatic heterocycles. The number of benzene rings is 2. The van der Waals surface area contributed by atoms with Gasteiger partial charge >= 0.3 is 0 Å². The monoisotopic (exact) mass is 360 g/mol. The molecule has 134 valence electrons. The topological polar surface area (TPSA) is 90.0 Å². The fourth-order valence-corrected chi connectivity index (χ4v) is 2.95. The number of anilines is 1. The molecule has 0 saturated carbocycles. The van der Waals surface area contributed by atoms with Crippen LogP contribution in [0.15, 0.2) is 70.0 Å². The lowest BCUT2D eigenvalue weighted by atomic mass is 10.1. The molecule has 4 rings (SSSR count). The number of nitrogens with one attached hydrogen (secondary N) is 1. The summed E-state index contributed by atoms with van der Waals surface area (Å²) in [6, 6.07) is 17.9. The van der Waals surface area contributed by atoms with E-state index in [1.165, 1.54) is 10.6 Å². The Morgan fingerprint density at radius 1 is 1.11 bits per heavy atom. The van der Waals surface area contributed by atoms with Gasteiger partial charge in [0.15, 0.2) is 5.82 Å². The first-order chi connectivity index (χ1) is 13.1. The number of carbonyl (C=O) groups excluding carboxylic acids is 1. The number of hydrogen-bond acceptors (Lipinski definition) is 5. The zero-order chi connectivity index (χ0) is 18.8. The molecule has 0 aliphatic carbocycles. The second-order valence-corrected chi connectivity index (χ2v) is 6.06. The smallest absolute Gasteiger partial charge is 0.258 e. The van der Waals surface area contributed by atoms with E-state index in [4.69, 9.17) is 4.52 Å². The van der Waals surface area contributed by atoms with Crippen molar-refractivity contribution in [3.63, 3.8) is 0 Å². The summed E-state index contributed by atoms with van der Waals surface area (Å²) in [6.45, 7) is 1.61. The van der Waals surface area contributed by atoms with Gasteiger partial charge in [-0.3, -0.25) is 14.2 Å². The molecule has 0 unspecified atom stereocenters. The average molecular weight is 360 g/mol. The average Bonchev–Trinajstić information content (AvgIpc) is 3.11. The van der Waals surface area contributed by atoms with Gasteiger partial charge in [-0.2, -0.15) is 4.98 Å². The molecule has 27 heavy (non-hydrogen) atoms. The number of aryl methyl sites for hydroxylation is 1. The Morgan fingerprint density at radius 3 is 2.59 bits per heavy atom. The van der Waals surface area contributed by atoms with Crippen LogP contribution < -0.4 is 10.9 Å². The molecule has 1 N–H and O–H groups in total. The SMILES string of the molecule is Cc1noc(-c2cc(=O)n(CC(=O)Nc3ccccc3)c3ccccc23)n1. The van der Waals surface area contributed by atoms with E-state index >= 15 is 0 Å². The zero-order valence-corrected chi connectivity index (χ0v) is 14.5. The molecule has 0 saturated heterocycles. The van der Waals surface area contributed by atoms with Crippen LogP contribution in [0.1, 0.15) is 5.82 Å². The maximum Gasteiger partial charge on any atom is 0.258 e. The molecule has 1 amide bonds. The van der Waals surface area contributed by atoms with Crippen molar-refractivity contribution in [1.29, 1.82) is 0 Å². The predicted octanol–water partition coefficient (Wildman–Crippen LogP) is 3.00. The van der Waals surface area contributed by atoms with E-state index in [0.717, 1.165) is 5.39 Å². The standard InChI is InChI=1S/C20H16N4O3/c1-13-21-20(27-23-13)16-11-19(26)24(17-10-6-5-9-15(16)17)12-18(25)22-14-7-3-2-4-8-14/h2-11H,12H2,1H3,(H,22,25). The normalized spacial score (nSPS) is 10.9. The van der Waals surface area contributed by atoms with Crippen LogP contribution in [0.4, 0.5) is 5.69 Å². The highest BCUT2D eigenvalue weighted by Gasteiger charge is 2.16. The van der Waals surface area contributed by atoms with Crippen LogP contribution in [0.3, 0.4) is 0 Å². The predicted molar refractivity (Wildman–Crippen MR) is 101 cm³/mol. The van der Waals surface area contributed by atoms with Gasteiger partial charge in [0.05, 0.1) is 11.1 Å². The van der Waals surface area contributed by atoms with E-state index in [1.807, 2.05) is 36.4 Å². The number of pyridine rings is 1. The molecule has 0 fully saturated rings. The van der Waals surface area contributed by atoms with Gasteiger partial charge in [0.2, 0.25) is 5.91 Å². The fraction of sp³-hybridized carbons (Fsp3) is 0.100. The lowest BCUT2D eigenvalue weighted by Gasteiger charge is -2.12. The Bertz CT molecular complexity index is 1180. The Balaban J connectivity index is 1.75. The second kappa shape index (κ2) is 6.87. The number of hydrogen-bond donors (Lipinski definition) is 1. The number of amides is 1. The number of rotatable bonds is 4. The van der Waals surface area contributed by atoms with Crippen molar-refractivity contribution in [1.82, 2.24) is 14.7 Å². The van der Waals surface area contributed by atoms with Crippen LogP contribution in [0.25, 0.3) is 22.4 Å². The largest absolute Gasteiger partial charge is 0.334 e. The number of aromatic nitrogens is 3. The van der Waals surface area contributed by atoms with Crippen molar-refractivity contribution in [2.75, 3.05) is 5.32 Å². The minimum absolute atomic E-state index is 0.0998. The van der Waals surface area contributed by atoms with Crippen molar-refractivity contribution in [3.8, 4) is 11.5 Å². The van der Waals surface area contributed by atoms with E-state index in [0.29, 0.717) is 22.6 Å². The Labute approximate surface area is 154 Å². The van der Waals surface area contributed by atoms with Gasteiger partial charge in [0.25, 0.3) is 11.4 Å². The van der Waals surface area contributed by atoms with E-state index in [-0.39, 0.29) is 23.9 Å². The summed E-state index contributed by atoms with van der Waals surface area (Å²) in [7, 11) is 0. The fourth-order valence-electron chi connectivity index (χ4n) is 2.95. The Hall–Kier alpha value is -3.74. The summed E-state index contributed by atoms with van der Waals surface area (Å²) in [5, 5.41) is 7.34. The lowest BCUT2D eigenvalue weighted by molar-refractivity contribution is -0.116. The third-order valence-electron chi connectivity index (χ3n) is 4.14. The summed E-state index contributed by atoms with van der Waals surface area (Å²) in [4.78, 5) is 29.4. The molecular weight excluding hydrogens is 344 g/mol. The highest BCUT2D eigenvalue weighted by molar-refractivity contribution is 5.95. The molecule has 0 spiro atoms. The number of fused-ring (bicyclic) bond motifs is 1. The van der Waals surface area contributed by atoms with Crippen molar-refractivity contribution >= 4 is 22.5 Å². The minimum Gasteiger partial charge on any atom is -0.334 e. The van der Waals surface area contributed by atoms with Gasteiger partial charge < -0.3 is 9.84 Å². The molecule has 2 aromatic carbocycles. The maximum absolute atomic E-state index is 12.7. The first-order valence-electron chi connectivity index (χ1n) is 8.40. The first kappa shape index (κ1) is 16.7. The number of carbonyl (C=O) groups is 1. The van der Waals surface area contributed by atoms with Crippen molar-refractivity contribution in [2.45, 2.75) is 13.5 Å². The van der Waals surface area contributed by atoms with Gasteiger partial charge in [-0.1, -0.05) is 41.6 Å². The van der Waals surface area contributed by atoms with Crippen molar-refractivity contribution in [3.05, 3.63) is 76.8 Å². The van der Waals surface area contributed by atoms with Gasteiger partial charge in [-0.15, -0.1) is 0 Å². The van der Waals surface area contributed by atoms with Crippen LogP contribution in [0.5, 0.6) is 0 Å². The molecule has 2 heterocycles. The summed E-state index contributed by atoms with van der Waals surface area (Å²) < 4.78 is 6.66. The molecule has 7 nitrogen and oxygen atoms in total. The molecule has 0 aliphatic rings. The molecule has 0 radical (unpaired) electrons. The minimum atomic E-state index is -0.317. The highest BCUT2D eigenvalue weighted by Crippen LogP contribution is 2.25. The summed E-state index contributed by atoms with van der Waals surface area (Å²) in [5.74, 6) is 0.483. The molecule has 0 aliphatic heterocycles. The lowest BCUT2D eigenvalue weighted by Crippen LogP contribution is -2.27. The van der Waals surface area contributed by atoms with Crippen LogP contribution in [0.2, 0.25) is 0 Å². The van der Waals surface area contributed by atoms with E-state index in [2.05, 4.69) is 15.5 Å². The van der Waals surface area contributed by atoms with Gasteiger partial charge in [-0.25, -0.2) is 0 Å². The van der Waals surface area contributed by atoms with Crippen LogP contribution >= 0.6 is 0 Å². The van der Waals surface area contributed by atoms with Crippen molar-refractivity contribution in [2.24, 2.45) is 0 Å². The summed E-state index contributed by atoms with van der Waals surface area (Å²) in [6.07, 6.45) is 0. The molecule has 4 aromatic rings. The molecule has 0 bridgehead atoms. The number of nitrogens with zero attached hydrogens (tertiary/aromatic N) is 3. The van der Waals surface area contributed by atoms with Crippen LogP contribution in [0, 0.1) is 6.92 Å². The molecule has 0 atom stereocenters. The van der Waals surface area contributed by atoms with Gasteiger partial charge in [-0.05, 0) is 25.1 Å². The van der Waals surface area contributed by atoms with E-state index in [9.17, 15) is 9.59 Å². The van der Waals surface area contributed by atoms with Crippen LogP contribution in [-0.4, -0.2) is 20.6 Å². The summed E-state index contributed by atoms with van der Waals surface area (Å²) >= 11 is 0. The van der Waals surface area contributed by atoms with Gasteiger partial charge in [0.1, 0.15) is 6.54 Å². The molecule has 7 heteroatoms. The van der Waals surface area contributed by atoms with Crippen LogP contribution in [-0.2, 0) is 11.3 Å². The van der Waals surface area contributed by atoms with Gasteiger partial charge in [0, 0.05) is 17.1 Å². The van der Waals surface area contributed by atoms with E-state index in [1.54, 1.807) is 25.1 Å². The zero-order valence-electron chi connectivity index (χ0n) is 14.5.